The SMILES string of the molecule is CCCCNC(=O)[C@H](C)N(Cc1ccc(F)cc1)C(=O)CN(c1cccc(OC)c1)S(=O)(=O)c1ccc(C)cc1. The van der Waals surface area contributed by atoms with Crippen molar-refractivity contribution in [2.45, 2.75) is 51.1 Å². The first-order valence-electron chi connectivity index (χ1n) is 13.1. The van der Waals surface area contributed by atoms with Gasteiger partial charge in [-0.2, -0.15) is 0 Å². The molecule has 1 atom stereocenters. The second kappa shape index (κ2) is 13.9. The van der Waals surface area contributed by atoms with E-state index in [0.29, 0.717) is 17.9 Å². The molecule has 0 heterocycles. The Morgan fingerprint density at radius 1 is 1.02 bits per heavy atom. The van der Waals surface area contributed by atoms with Gasteiger partial charge in [-0.15, -0.1) is 0 Å². The number of amides is 2. The number of nitrogens with one attached hydrogen (secondary N) is 1. The van der Waals surface area contributed by atoms with E-state index >= 15 is 0 Å². The largest absolute Gasteiger partial charge is 0.497 e. The lowest BCUT2D eigenvalue weighted by atomic mass is 10.1. The van der Waals surface area contributed by atoms with Gasteiger partial charge in [0.05, 0.1) is 17.7 Å². The third kappa shape index (κ3) is 7.81. The van der Waals surface area contributed by atoms with E-state index in [4.69, 9.17) is 4.74 Å². The Kier molecular flexibility index (Phi) is 10.7. The summed E-state index contributed by atoms with van der Waals surface area (Å²) >= 11 is 0. The van der Waals surface area contributed by atoms with Crippen LogP contribution < -0.4 is 14.4 Å². The standard InChI is InChI=1S/C30H36FN3O5S/c1-5-6-18-32-30(36)23(3)33(20-24-12-14-25(31)15-13-24)29(35)21-34(26-8-7-9-27(19-26)39-4)40(37,38)28-16-10-22(2)11-17-28/h7-17,19,23H,5-6,18,20-21H2,1-4H3,(H,32,36)/t23-/m0/s1. The number of rotatable bonds is 13. The summed E-state index contributed by atoms with van der Waals surface area (Å²) < 4.78 is 47.6. The van der Waals surface area contributed by atoms with Crippen molar-refractivity contribution in [3.8, 4) is 5.75 Å². The zero-order valence-electron chi connectivity index (χ0n) is 23.3. The highest BCUT2D eigenvalue weighted by molar-refractivity contribution is 7.92. The highest BCUT2D eigenvalue weighted by atomic mass is 32.2. The lowest BCUT2D eigenvalue weighted by molar-refractivity contribution is -0.139. The molecule has 0 saturated carbocycles. The van der Waals surface area contributed by atoms with Gasteiger partial charge in [0, 0.05) is 19.2 Å². The van der Waals surface area contributed by atoms with Gasteiger partial charge >= 0.3 is 0 Å². The van der Waals surface area contributed by atoms with Crippen molar-refractivity contribution in [2.75, 3.05) is 24.5 Å². The van der Waals surface area contributed by atoms with Crippen LogP contribution >= 0.6 is 0 Å². The van der Waals surface area contributed by atoms with E-state index in [-0.39, 0.29) is 23.0 Å². The van der Waals surface area contributed by atoms with Crippen LogP contribution in [0.4, 0.5) is 10.1 Å². The minimum atomic E-state index is -4.19. The molecular formula is C30H36FN3O5S. The molecule has 2 amide bonds. The van der Waals surface area contributed by atoms with Gasteiger partial charge in [-0.3, -0.25) is 13.9 Å². The number of sulfonamides is 1. The minimum Gasteiger partial charge on any atom is -0.497 e. The zero-order valence-corrected chi connectivity index (χ0v) is 24.1. The quantitative estimate of drug-likeness (QED) is 0.302. The van der Waals surface area contributed by atoms with Crippen LogP contribution in [0.25, 0.3) is 0 Å². The average molecular weight is 570 g/mol. The predicted molar refractivity (Wildman–Crippen MR) is 153 cm³/mol. The van der Waals surface area contributed by atoms with E-state index in [2.05, 4.69) is 5.32 Å². The van der Waals surface area contributed by atoms with Crippen LogP contribution in [0.5, 0.6) is 5.75 Å². The molecule has 0 aliphatic carbocycles. The summed E-state index contributed by atoms with van der Waals surface area (Å²) in [5.74, 6) is -0.972. The van der Waals surface area contributed by atoms with Crippen molar-refractivity contribution < 1.29 is 27.1 Å². The van der Waals surface area contributed by atoms with Crippen molar-refractivity contribution in [2.24, 2.45) is 0 Å². The number of nitrogens with zero attached hydrogens (tertiary/aromatic N) is 2. The molecule has 3 rings (SSSR count). The predicted octanol–water partition coefficient (Wildman–Crippen LogP) is 4.67. The third-order valence-corrected chi connectivity index (χ3v) is 8.28. The highest BCUT2D eigenvalue weighted by Gasteiger charge is 2.32. The Balaban J connectivity index is 2.01. The van der Waals surface area contributed by atoms with E-state index in [0.717, 1.165) is 22.7 Å². The summed E-state index contributed by atoms with van der Waals surface area (Å²) in [6.45, 7) is 5.31. The molecule has 0 unspecified atom stereocenters. The smallest absolute Gasteiger partial charge is 0.264 e. The van der Waals surface area contributed by atoms with Crippen LogP contribution in [0, 0.1) is 12.7 Å². The molecule has 0 radical (unpaired) electrons. The first-order chi connectivity index (χ1) is 19.1. The molecule has 0 bridgehead atoms. The molecule has 0 fully saturated rings. The van der Waals surface area contributed by atoms with E-state index in [1.165, 1.54) is 54.5 Å². The van der Waals surface area contributed by atoms with E-state index in [1.54, 1.807) is 37.3 Å². The van der Waals surface area contributed by atoms with Gasteiger partial charge in [-0.1, -0.05) is 49.2 Å². The van der Waals surface area contributed by atoms with Crippen LogP contribution in [-0.2, 0) is 26.2 Å². The van der Waals surface area contributed by atoms with Gasteiger partial charge < -0.3 is 15.0 Å². The molecule has 3 aromatic carbocycles. The average Bonchev–Trinajstić information content (AvgIpc) is 2.95. The fraction of sp³-hybridized carbons (Fsp3) is 0.333. The summed E-state index contributed by atoms with van der Waals surface area (Å²) in [6, 6.07) is 17.4. The maximum Gasteiger partial charge on any atom is 0.264 e. The summed E-state index contributed by atoms with van der Waals surface area (Å²) in [4.78, 5) is 28.2. The maximum atomic E-state index is 13.9. The van der Waals surface area contributed by atoms with Gasteiger partial charge in [0.2, 0.25) is 11.8 Å². The Bertz CT molecular complexity index is 1400. The second-order valence-electron chi connectivity index (χ2n) is 9.49. The van der Waals surface area contributed by atoms with Crippen molar-refractivity contribution in [1.82, 2.24) is 10.2 Å². The fourth-order valence-corrected chi connectivity index (χ4v) is 5.44. The first-order valence-corrected chi connectivity index (χ1v) is 14.6. The van der Waals surface area contributed by atoms with Crippen LogP contribution in [0.3, 0.4) is 0 Å². The summed E-state index contributed by atoms with van der Waals surface area (Å²) in [5.41, 5.74) is 1.71. The topological polar surface area (TPSA) is 96.0 Å². The number of hydrogen-bond donors (Lipinski definition) is 1. The Morgan fingerprint density at radius 2 is 1.70 bits per heavy atom. The van der Waals surface area contributed by atoms with E-state index < -0.39 is 34.3 Å². The number of aryl methyl sites for hydroxylation is 1. The molecule has 40 heavy (non-hydrogen) atoms. The number of halogens is 1. The lowest BCUT2D eigenvalue weighted by Gasteiger charge is -2.32. The molecule has 0 saturated heterocycles. The zero-order chi connectivity index (χ0) is 29.3. The third-order valence-electron chi connectivity index (χ3n) is 6.49. The number of anilines is 1. The number of ether oxygens (including phenoxy) is 1. The lowest BCUT2D eigenvalue weighted by Crippen LogP contribution is -2.51. The van der Waals surface area contributed by atoms with E-state index in [1.807, 2.05) is 13.8 Å². The molecule has 0 aliphatic heterocycles. The number of carbonyl (C=O) groups is 2. The van der Waals surface area contributed by atoms with Gasteiger partial charge in [-0.05, 0) is 62.2 Å². The number of carbonyl (C=O) groups excluding carboxylic acids is 2. The number of benzene rings is 3. The van der Waals surface area contributed by atoms with Gasteiger partial charge in [0.1, 0.15) is 24.2 Å². The summed E-state index contributed by atoms with van der Waals surface area (Å²) in [6.07, 6.45) is 1.67. The second-order valence-corrected chi connectivity index (χ2v) is 11.4. The van der Waals surface area contributed by atoms with Crippen molar-refractivity contribution in [3.63, 3.8) is 0 Å². The Morgan fingerprint density at radius 3 is 2.33 bits per heavy atom. The fourth-order valence-electron chi connectivity index (χ4n) is 4.04. The molecular weight excluding hydrogens is 533 g/mol. The molecule has 8 nitrogen and oxygen atoms in total. The first kappa shape index (κ1) is 30.6. The van der Waals surface area contributed by atoms with Crippen LogP contribution in [0.2, 0.25) is 0 Å². The number of methoxy groups -OCH3 is 1. The van der Waals surface area contributed by atoms with Gasteiger partial charge in [-0.25, -0.2) is 12.8 Å². The molecule has 3 aromatic rings. The number of hydrogen-bond acceptors (Lipinski definition) is 5. The summed E-state index contributed by atoms with van der Waals surface area (Å²) in [7, 11) is -2.72. The minimum absolute atomic E-state index is 0.0159. The van der Waals surface area contributed by atoms with Crippen LogP contribution in [0.1, 0.15) is 37.8 Å². The molecule has 0 aromatic heterocycles. The molecule has 214 valence electrons. The van der Waals surface area contributed by atoms with Gasteiger partial charge in [0.25, 0.3) is 10.0 Å². The Hall–Kier alpha value is -3.92. The molecule has 1 N–H and O–H groups in total. The maximum absolute atomic E-state index is 13.9. The molecule has 0 spiro atoms. The molecule has 0 aliphatic rings. The van der Waals surface area contributed by atoms with Crippen molar-refractivity contribution in [1.29, 1.82) is 0 Å². The van der Waals surface area contributed by atoms with Crippen molar-refractivity contribution >= 4 is 27.5 Å². The monoisotopic (exact) mass is 569 g/mol. The highest BCUT2D eigenvalue weighted by Crippen LogP contribution is 2.28. The molecule has 10 heteroatoms. The summed E-state index contributed by atoms with van der Waals surface area (Å²) in [5, 5.41) is 2.83. The normalized spacial score (nSPS) is 11.9. The van der Waals surface area contributed by atoms with Crippen molar-refractivity contribution in [3.05, 3.63) is 89.7 Å². The van der Waals surface area contributed by atoms with E-state index in [9.17, 15) is 22.4 Å². The van der Waals surface area contributed by atoms with Crippen LogP contribution in [-0.4, -0.2) is 51.4 Å². The van der Waals surface area contributed by atoms with Crippen LogP contribution in [0.15, 0.2) is 77.7 Å². The van der Waals surface area contributed by atoms with Gasteiger partial charge in [0.15, 0.2) is 0 Å². The Labute approximate surface area is 235 Å². The number of unbranched alkanes of at least 4 members (excludes halogenated alkanes) is 1.